The average Bonchev–Trinajstić information content (AvgIpc) is 2.45. The smallest absolute Gasteiger partial charge is 0.305 e. The summed E-state index contributed by atoms with van der Waals surface area (Å²) in [6.07, 6.45) is 1.01. The maximum atomic E-state index is 11.8. The van der Waals surface area contributed by atoms with Gasteiger partial charge < -0.3 is 4.74 Å². The van der Waals surface area contributed by atoms with Crippen LogP contribution < -0.4 is 0 Å². The van der Waals surface area contributed by atoms with Crippen molar-refractivity contribution in [1.29, 1.82) is 0 Å². The molecule has 0 spiro atoms. The Balaban J connectivity index is 2.59. The molecule has 3 nitrogen and oxygen atoms in total. The molecule has 100 valence electrons. The van der Waals surface area contributed by atoms with Crippen LogP contribution in [0.2, 0.25) is 0 Å². The molecule has 0 atom stereocenters. The maximum absolute atomic E-state index is 11.8. The van der Waals surface area contributed by atoms with Gasteiger partial charge in [0.25, 0.3) is 0 Å². The summed E-state index contributed by atoms with van der Waals surface area (Å²) in [6, 6.07) is 7.06. The first kappa shape index (κ1) is 15.3. The molecule has 0 fully saturated rings. The predicted molar refractivity (Wildman–Crippen MR) is 77.4 cm³/mol. The lowest BCUT2D eigenvalue weighted by Crippen LogP contribution is -2.05. The van der Waals surface area contributed by atoms with Crippen LogP contribution in [0.1, 0.15) is 35.2 Å². The number of thiol groups is 1. The number of hydrogen-bond acceptors (Lipinski definition) is 4. The van der Waals surface area contributed by atoms with Crippen LogP contribution in [0.15, 0.2) is 24.3 Å². The third-order valence-corrected chi connectivity index (χ3v) is 2.68. The summed E-state index contributed by atoms with van der Waals surface area (Å²) in [4.78, 5) is 22.7. The highest BCUT2D eigenvalue weighted by Gasteiger charge is 2.08. The van der Waals surface area contributed by atoms with Gasteiger partial charge in [-0.05, 0) is 12.1 Å². The molecule has 0 bridgehead atoms. The summed E-state index contributed by atoms with van der Waals surface area (Å²) < 4.78 is 4.49. The first-order chi connectivity index (χ1) is 9.17. The van der Waals surface area contributed by atoms with Crippen LogP contribution in [0.25, 0.3) is 0 Å². The summed E-state index contributed by atoms with van der Waals surface area (Å²) in [5.41, 5.74) is 1.45. The molecule has 1 aromatic rings. The van der Waals surface area contributed by atoms with Crippen molar-refractivity contribution < 1.29 is 14.3 Å². The molecule has 0 aliphatic rings. The molecule has 0 radical (unpaired) electrons. The molecule has 1 rings (SSSR count). The fourth-order valence-electron chi connectivity index (χ4n) is 1.42. The number of ketones is 1. The van der Waals surface area contributed by atoms with Crippen LogP contribution in [0, 0.1) is 11.8 Å². The molecule has 0 unspecified atom stereocenters. The van der Waals surface area contributed by atoms with E-state index in [0.29, 0.717) is 5.56 Å². The number of hydrogen-bond donors (Lipinski definition) is 1. The third kappa shape index (κ3) is 5.62. The topological polar surface area (TPSA) is 43.4 Å². The van der Waals surface area contributed by atoms with Gasteiger partial charge in [0.05, 0.1) is 13.5 Å². The van der Waals surface area contributed by atoms with Gasteiger partial charge in [-0.1, -0.05) is 24.0 Å². The summed E-state index contributed by atoms with van der Waals surface area (Å²) >= 11 is 4.07. The normalized spacial score (nSPS) is 9.37. The molecular weight excluding hydrogens is 260 g/mol. The fourth-order valence-corrected chi connectivity index (χ4v) is 1.53. The molecular formula is C15H16O3S. The van der Waals surface area contributed by atoms with Crippen LogP contribution in [0.3, 0.4) is 0 Å². The Morgan fingerprint density at radius 1 is 1.21 bits per heavy atom. The van der Waals surface area contributed by atoms with E-state index in [1.807, 2.05) is 0 Å². The molecule has 0 aliphatic carbocycles. The van der Waals surface area contributed by atoms with Crippen molar-refractivity contribution in [1.82, 2.24) is 0 Å². The van der Waals surface area contributed by atoms with Crippen molar-refractivity contribution >= 4 is 24.4 Å². The second-order valence-electron chi connectivity index (χ2n) is 3.85. The summed E-state index contributed by atoms with van der Waals surface area (Å²) in [5, 5.41) is 0. The molecule has 0 saturated carbocycles. The number of benzene rings is 1. The standard InChI is InChI=1S/C15H16O3S/c1-18-15(17)10-9-14(16)13-7-5-12(6-8-13)4-2-3-11-19/h5-8,19H,3,9-11H2,1H3. The van der Waals surface area contributed by atoms with Gasteiger partial charge in [-0.3, -0.25) is 9.59 Å². The Labute approximate surface area is 118 Å². The molecule has 0 amide bonds. The van der Waals surface area contributed by atoms with Gasteiger partial charge in [0.2, 0.25) is 0 Å². The number of ether oxygens (including phenoxy) is 1. The Kier molecular flexibility index (Phi) is 6.76. The molecule has 0 heterocycles. The summed E-state index contributed by atoms with van der Waals surface area (Å²) in [5.74, 6) is 6.25. The summed E-state index contributed by atoms with van der Waals surface area (Å²) in [7, 11) is 1.31. The highest BCUT2D eigenvalue weighted by Crippen LogP contribution is 2.08. The van der Waals surface area contributed by atoms with Gasteiger partial charge in [-0.25, -0.2) is 0 Å². The van der Waals surface area contributed by atoms with Gasteiger partial charge in [0, 0.05) is 29.7 Å². The minimum absolute atomic E-state index is 0.0692. The molecule has 0 N–H and O–H groups in total. The van der Waals surface area contributed by atoms with Crippen LogP contribution in [0.5, 0.6) is 0 Å². The van der Waals surface area contributed by atoms with Gasteiger partial charge in [-0.15, -0.1) is 0 Å². The predicted octanol–water partition coefficient (Wildman–Crippen LogP) is 2.49. The zero-order chi connectivity index (χ0) is 14.1. The van der Waals surface area contributed by atoms with E-state index in [9.17, 15) is 9.59 Å². The van der Waals surface area contributed by atoms with Gasteiger partial charge >= 0.3 is 5.97 Å². The van der Waals surface area contributed by atoms with E-state index in [0.717, 1.165) is 17.7 Å². The molecule has 19 heavy (non-hydrogen) atoms. The molecule has 0 aliphatic heterocycles. The molecule has 4 heteroatoms. The average molecular weight is 276 g/mol. The third-order valence-electron chi connectivity index (χ3n) is 2.46. The Morgan fingerprint density at radius 2 is 1.89 bits per heavy atom. The largest absolute Gasteiger partial charge is 0.469 e. The number of Topliss-reactive ketones (excluding diaryl/α,β-unsaturated/α-hetero) is 1. The maximum Gasteiger partial charge on any atom is 0.305 e. The van der Waals surface area contributed by atoms with Gasteiger partial charge in [0.1, 0.15) is 0 Å². The summed E-state index contributed by atoms with van der Waals surface area (Å²) in [6.45, 7) is 0. The van der Waals surface area contributed by atoms with E-state index in [4.69, 9.17) is 0 Å². The van der Waals surface area contributed by atoms with Crippen molar-refractivity contribution in [3.05, 3.63) is 35.4 Å². The number of carbonyl (C=O) groups excluding carboxylic acids is 2. The van der Waals surface area contributed by atoms with Gasteiger partial charge in [0.15, 0.2) is 5.78 Å². The lowest BCUT2D eigenvalue weighted by molar-refractivity contribution is -0.140. The first-order valence-electron chi connectivity index (χ1n) is 5.97. The molecule has 0 aromatic heterocycles. The number of carbonyl (C=O) groups is 2. The van der Waals surface area contributed by atoms with Crippen LogP contribution in [-0.2, 0) is 9.53 Å². The zero-order valence-electron chi connectivity index (χ0n) is 10.8. The highest BCUT2D eigenvalue weighted by molar-refractivity contribution is 7.80. The minimum atomic E-state index is -0.373. The SMILES string of the molecule is COC(=O)CCC(=O)c1ccc(C#CCCS)cc1. The van der Waals surface area contributed by atoms with Gasteiger partial charge in [-0.2, -0.15) is 12.6 Å². The van der Waals surface area contributed by atoms with Crippen molar-refractivity contribution in [3.8, 4) is 11.8 Å². The highest BCUT2D eigenvalue weighted by atomic mass is 32.1. The monoisotopic (exact) mass is 276 g/mol. The van der Waals surface area contributed by atoms with Crippen molar-refractivity contribution in [3.63, 3.8) is 0 Å². The van der Waals surface area contributed by atoms with Crippen molar-refractivity contribution in [2.45, 2.75) is 19.3 Å². The molecule has 1 aromatic carbocycles. The van der Waals surface area contributed by atoms with Crippen LogP contribution in [0.4, 0.5) is 0 Å². The Hall–Kier alpha value is -1.73. The van der Waals surface area contributed by atoms with Crippen LogP contribution >= 0.6 is 12.6 Å². The minimum Gasteiger partial charge on any atom is -0.469 e. The lowest BCUT2D eigenvalue weighted by Gasteiger charge is -2.00. The van der Waals surface area contributed by atoms with Crippen molar-refractivity contribution in [2.24, 2.45) is 0 Å². The van der Waals surface area contributed by atoms with Crippen LogP contribution in [-0.4, -0.2) is 24.6 Å². The van der Waals surface area contributed by atoms with E-state index >= 15 is 0 Å². The van der Waals surface area contributed by atoms with E-state index in [-0.39, 0.29) is 24.6 Å². The second-order valence-corrected chi connectivity index (χ2v) is 4.30. The lowest BCUT2D eigenvalue weighted by atomic mass is 10.0. The number of esters is 1. The van der Waals surface area contributed by atoms with E-state index < -0.39 is 0 Å². The quantitative estimate of drug-likeness (QED) is 0.389. The van der Waals surface area contributed by atoms with E-state index in [1.165, 1.54) is 7.11 Å². The second kappa shape index (κ2) is 8.39. The fraction of sp³-hybridized carbons (Fsp3) is 0.333. The number of methoxy groups -OCH3 is 1. The Bertz CT molecular complexity index is 494. The Morgan fingerprint density at radius 3 is 2.47 bits per heavy atom. The van der Waals surface area contributed by atoms with Crippen molar-refractivity contribution in [2.75, 3.05) is 12.9 Å². The van der Waals surface area contributed by atoms with E-state index in [2.05, 4.69) is 29.2 Å². The molecule has 0 saturated heterocycles. The zero-order valence-corrected chi connectivity index (χ0v) is 11.7. The van der Waals surface area contributed by atoms with E-state index in [1.54, 1.807) is 24.3 Å². The first-order valence-corrected chi connectivity index (χ1v) is 6.60. The number of rotatable bonds is 5.